The summed E-state index contributed by atoms with van der Waals surface area (Å²) in [5, 5.41) is 2.76. The maximum absolute atomic E-state index is 11.8. The topological polar surface area (TPSA) is 99.6 Å². The van der Waals surface area contributed by atoms with E-state index in [1.165, 1.54) is 0 Å². The van der Waals surface area contributed by atoms with Crippen LogP contribution in [0.3, 0.4) is 0 Å². The zero-order chi connectivity index (χ0) is 17.5. The number of nitrogens with two attached hydrogens (primary N) is 2. The van der Waals surface area contributed by atoms with Gasteiger partial charge in [-0.2, -0.15) is 0 Å². The summed E-state index contributed by atoms with van der Waals surface area (Å²) in [7, 11) is 0. The molecule has 0 heterocycles. The summed E-state index contributed by atoms with van der Waals surface area (Å²) in [6.07, 6.45) is 0.590. The van der Waals surface area contributed by atoms with Gasteiger partial charge in [0.25, 0.3) is 0 Å². The number of amides is 1. The number of hydrogen-bond acceptors (Lipinski definition) is 5. The number of hydrogen-bond donors (Lipinski definition) is 3. The maximum Gasteiger partial charge on any atom is 0.241 e. The fourth-order valence-electron chi connectivity index (χ4n) is 2.02. The molecule has 6 nitrogen and oxygen atoms in total. The van der Waals surface area contributed by atoms with Gasteiger partial charge in [-0.1, -0.05) is 6.92 Å². The number of nitrogens with one attached hydrogen (secondary N) is 1. The van der Waals surface area contributed by atoms with Crippen LogP contribution in [-0.4, -0.2) is 18.6 Å². The van der Waals surface area contributed by atoms with Crippen molar-refractivity contribution in [1.82, 2.24) is 0 Å². The second-order valence-electron chi connectivity index (χ2n) is 5.26. The predicted molar refractivity (Wildman–Crippen MR) is 95.4 cm³/mol. The van der Waals surface area contributed by atoms with E-state index >= 15 is 0 Å². The predicted octanol–water partition coefficient (Wildman–Crippen LogP) is 3.14. The zero-order valence-corrected chi connectivity index (χ0v) is 13.9. The highest BCUT2D eigenvalue weighted by Crippen LogP contribution is 2.30. The van der Waals surface area contributed by atoms with E-state index in [1.807, 2.05) is 13.8 Å². The van der Waals surface area contributed by atoms with Crippen LogP contribution in [0.2, 0.25) is 0 Å². The summed E-state index contributed by atoms with van der Waals surface area (Å²) < 4.78 is 11.2. The summed E-state index contributed by atoms with van der Waals surface area (Å²) in [5.41, 5.74) is 12.8. The SMILES string of the molecule is CCOc1cc(Oc2ccc(NC(=O)C(N)CC)cc2)ccc1N. The fraction of sp³-hybridized carbons (Fsp3) is 0.278. The molecule has 0 radical (unpaired) electrons. The van der Waals surface area contributed by atoms with E-state index in [4.69, 9.17) is 20.9 Å². The molecule has 0 aliphatic heterocycles. The van der Waals surface area contributed by atoms with Crippen LogP contribution in [0, 0.1) is 0 Å². The Balaban J connectivity index is 2.04. The molecule has 0 saturated carbocycles. The van der Waals surface area contributed by atoms with Crippen molar-refractivity contribution >= 4 is 17.3 Å². The van der Waals surface area contributed by atoms with E-state index in [-0.39, 0.29) is 5.91 Å². The number of carbonyl (C=O) groups is 1. The fourth-order valence-corrected chi connectivity index (χ4v) is 2.02. The minimum atomic E-state index is -0.507. The largest absolute Gasteiger partial charge is 0.492 e. The number of nitrogen functional groups attached to an aromatic ring is 1. The monoisotopic (exact) mass is 329 g/mol. The van der Waals surface area contributed by atoms with E-state index in [9.17, 15) is 4.79 Å². The Morgan fingerprint density at radius 2 is 1.79 bits per heavy atom. The molecule has 0 fully saturated rings. The normalized spacial score (nSPS) is 11.6. The molecule has 2 aromatic carbocycles. The first-order chi connectivity index (χ1) is 11.5. The third-order valence-electron chi connectivity index (χ3n) is 3.42. The van der Waals surface area contributed by atoms with Gasteiger partial charge in [0, 0.05) is 11.8 Å². The van der Waals surface area contributed by atoms with Gasteiger partial charge in [0.2, 0.25) is 5.91 Å². The number of rotatable bonds is 7. The Bertz CT molecular complexity index is 686. The van der Waals surface area contributed by atoms with Crippen LogP contribution in [0.25, 0.3) is 0 Å². The lowest BCUT2D eigenvalue weighted by Gasteiger charge is -2.12. The maximum atomic E-state index is 11.8. The Morgan fingerprint density at radius 3 is 2.42 bits per heavy atom. The van der Waals surface area contributed by atoms with Crippen molar-refractivity contribution in [2.24, 2.45) is 5.73 Å². The molecule has 0 aliphatic carbocycles. The van der Waals surface area contributed by atoms with Crippen molar-refractivity contribution < 1.29 is 14.3 Å². The van der Waals surface area contributed by atoms with Crippen LogP contribution in [0.15, 0.2) is 42.5 Å². The molecule has 0 saturated heterocycles. The third kappa shape index (κ3) is 4.63. The molecule has 1 amide bonds. The molecule has 0 aromatic heterocycles. The van der Waals surface area contributed by atoms with E-state index in [2.05, 4.69) is 5.32 Å². The first kappa shape index (κ1) is 17.6. The Morgan fingerprint density at radius 1 is 1.12 bits per heavy atom. The average molecular weight is 329 g/mol. The van der Waals surface area contributed by atoms with Gasteiger partial charge in [-0.15, -0.1) is 0 Å². The molecule has 2 rings (SSSR count). The lowest BCUT2D eigenvalue weighted by Crippen LogP contribution is -2.34. The molecule has 6 heteroatoms. The molecule has 5 N–H and O–H groups in total. The standard InChI is InChI=1S/C18H23N3O3/c1-3-15(19)18(22)21-12-5-7-13(8-6-12)24-14-9-10-16(20)17(11-14)23-4-2/h5-11,15H,3-4,19-20H2,1-2H3,(H,21,22). The lowest BCUT2D eigenvalue weighted by atomic mass is 10.2. The molecular weight excluding hydrogens is 306 g/mol. The summed E-state index contributed by atoms with van der Waals surface area (Å²) in [5.74, 6) is 1.65. The molecule has 128 valence electrons. The molecule has 0 aliphatic rings. The van der Waals surface area contributed by atoms with Crippen LogP contribution in [0.4, 0.5) is 11.4 Å². The van der Waals surface area contributed by atoms with E-state index < -0.39 is 6.04 Å². The number of anilines is 2. The van der Waals surface area contributed by atoms with Crippen molar-refractivity contribution in [3.63, 3.8) is 0 Å². The van der Waals surface area contributed by atoms with Gasteiger partial charge in [-0.25, -0.2) is 0 Å². The lowest BCUT2D eigenvalue weighted by molar-refractivity contribution is -0.117. The van der Waals surface area contributed by atoms with Gasteiger partial charge < -0.3 is 26.3 Å². The number of benzene rings is 2. The van der Waals surface area contributed by atoms with Gasteiger partial charge in [0.05, 0.1) is 18.3 Å². The molecule has 2 aromatic rings. The van der Waals surface area contributed by atoms with Gasteiger partial charge >= 0.3 is 0 Å². The van der Waals surface area contributed by atoms with Crippen molar-refractivity contribution in [3.8, 4) is 17.2 Å². The highest BCUT2D eigenvalue weighted by Gasteiger charge is 2.11. The number of ether oxygens (including phenoxy) is 2. The Hall–Kier alpha value is -2.73. The first-order valence-corrected chi connectivity index (χ1v) is 7.90. The summed E-state index contributed by atoms with van der Waals surface area (Å²) in [6, 6.07) is 11.8. The van der Waals surface area contributed by atoms with Crippen LogP contribution in [0.5, 0.6) is 17.2 Å². The second-order valence-corrected chi connectivity index (χ2v) is 5.26. The molecule has 1 atom stereocenters. The summed E-state index contributed by atoms with van der Waals surface area (Å²) >= 11 is 0. The molecule has 0 bridgehead atoms. The van der Waals surface area contributed by atoms with Crippen LogP contribution in [-0.2, 0) is 4.79 Å². The summed E-state index contributed by atoms with van der Waals surface area (Å²) in [4.78, 5) is 11.8. The van der Waals surface area contributed by atoms with Crippen LogP contribution < -0.4 is 26.3 Å². The van der Waals surface area contributed by atoms with Gasteiger partial charge in [-0.05, 0) is 49.7 Å². The van der Waals surface area contributed by atoms with Crippen molar-refractivity contribution in [3.05, 3.63) is 42.5 Å². The first-order valence-electron chi connectivity index (χ1n) is 7.90. The van der Waals surface area contributed by atoms with Crippen molar-refractivity contribution in [2.45, 2.75) is 26.3 Å². The van der Waals surface area contributed by atoms with Gasteiger partial charge in [0.1, 0.15) is 17.2 Å². The average Bonchev–Trinajstić information content (AvgIpc) is 2.59. The van der Waals surface area contributed by atoms with Crippen molar-refractivity contribution in [2.75, 3.05) is 17.7 Å². The number of carbonyl (C=O) groups excluding carboxylic acids is 1. The van der Waals surface area contributed by atoms with E-state index in [0.717, 1.165) is 0 Å². The minimum Gasteiger partial charge on any atom is -0.492 e. The van der Waals surface area contributed by atoms with Gasteiger partial charge in [0.15, 0.2) is 0 Å². The van der Waals surface area contributed by atoms with Crippen LogP contribution >= 0.6 is 0 Å². The van der Waals surface area contributed by atoms with Gasteiger partial charge in [-0.3, -0.25) is 4.79 Å². The zero-order valence-electron chi connectivity index (χ0n) is 13.9. The third-order valence-corrected chi connectivity index (χ3v) is 3.42. The smallest absolute Gasteiger partial charge is 0.241 e. The summed E-state index contributed by atoms with van der Waals surface area (Å²) in [6.45, 7) is 4.29. The highest BCUT2D eigenvalue weighted by molar-refractivity contribution is 5.94. The minimum absolute atomic E-state index is 0.203. The van der Waals surface area contributed by atoms with Crippen LogP contribution in [0.1, 0.15) is 20.3 Å². The molecule has 1 unspecified atom stereocenters. The highest BCUT2D eigenvalue weighted by atomic mass is 16.5. The molecule has 24 heavy (non-hydrogen) atoms. The van der Waals surface area contributed by atoms with E-state index in [1.54, 1.807) is 42.5 Å². The molecular formula is C18H23N3O3. The van der Waals surface area contributed by atoms with Crippen molar-refractivity contribution in [1.29, 1.82) is 0 Å². The second kappa shape index (κ2) is 8.21. The Labute approximate surface area is 141 Å². The molecule has 0 spiro atoms. The Kier molecular flexibility index (Phi) is 6.03. The van der Waals surface area contributed by atoms with E-state index in [0.29, 0.717) is 41.7 Å². The quantitative estimate of drug-likeness (QED) is 0.678.